The van der Waals surface area contributed by atoms with E-state index in [0.29, 0.717) is 21.1 Å². The van der Waals surface area contributed by atoms with Gasteiger partial charge < -0.3 is 5.32 Å². The van der Waals surface area contributed by atoms with Gasteiger partial charge in [0.25, 0.3) is 5.56 Å². The van der Waals surface area contributed by atoms with E-state index in [-0.39, 0.29) is 23.1 Å². The summed E-state index contributed by atoms with van der Waals surface area (Å²) in [5.74, 6) is 0.246. The maximum atomic E-state index is 13.8. The van der Waals surface area contributed by atoms with Crippen molar-refractivity contribution in [3.05, 3.63) is 75.0 Å². The topological polar surface area (TPSA) is 64.0 Å². The molecule has 1 aliphatic carbocycles. The number of aromatic nitrogens is 2. The molecule has 3 aromatic rings. The van der Waals surface area contributed by atoms with Gasteiger partial charge in [0.05, 0.1) is 17.0 Å². The first-order valence-corrected chi connectivity index (χ1v) is 13.3. The normalized spacial score (nSPS) is 19.1. The lowest BCUT2D eigenvalue weighted by molar-refractivity contribution is -0.113. The van der Waals surface area contributed by atoms with Crippen LogP contribution >= 0.6 is 35.1 Å². The molecular weight excluding hydrogens is 474 g/mol. The zero-order chi connectivity index (χ0) is 22.9. The minimum Gasteiger partial charge on any atom is -0.325 e. The van der Waals surface area contributed by atoms with Crippen LogP contribution in [-0.4, -0.2) is 26.5 Å². The van der Waals surface area contributed by atoms with E-state index >= 15 is 0 Å². The summed E-state index contributed by atoms with van der Waals surface area (Å²) < 4.78 is 1.70. The molecule has 0 bridgehead atoms. The predicted octanol–water partition coefficient (Wildman–Crippen LogP) is 6.06. The SMILES string of the molecule is Cc1cccc(-n2c(SCC(=O)Nc3cccc(Cl)c3)nc3c(c2=O)[C@@H]2CCCC[C@@H]2S3)c1. The highest BCUT2D eigenvalue weighted by Crippen LogP contribution is 2.50. The smallest absolute Gasteiger partial charge is 0.263 e. The van der Waals surface area contributed by atoms with Crippen LogP contribution in [0.1, 0.15) is 42.7 Å². The molecule has 0 saturated heterocycles. The monoisotopic (exact) mass is 497 g/mol. The van der Waals surface area contributed by atoms with Crippen molar-refractivity contribution in [1.82, 2.24) is 9.55 Å². The van der Waals surface area contributed by atoms with Gasteiger partial charge >= 0.3 is 0 Å². The lowest BCUT2D eigenvalue weighted by Gasteiger charge is -2.24. The van der Waals surface area contributed by atoms with Crippen molar-refractivity contribution < 1.29 is 4.79 Å². The number of carbonyl (C=O) groups excluding carboxylic acids is 1. The van der Waals surface area contributed by atoms with Crippen LogP contribution in [0.25, 0.3) is 5.69 Å². The number of fused-ring (bicyclic) bond motifs is 3. The number of hydrogen-bond donors (Lipinski definition) is 1. The number of anilines is 1. The van der Waals surface area contributed by atoms with Crippen LogP contribution in [0.3, 0.4) is 0 Å². The van der Waals surface area contributed by atoms with Crippen LogP contribution in [0, 0.1) is 6.92 Å². The molecule has 0 spiro atoms. The van der Waals surface area contributed by atoms with E-state index in [4.69, 9.17) is 16.6 Å². The third-order valence-electron chi connectivity index (χ3n) is 6.09. The van der Waals surface area contributed by atoms with E-state index in [1.54, 1.807) is 40.6 Å². The van der Waals surface area contributed by atoms with Crippen molar-refractivity contribution in [3.8, 4) is 5.69 Å². The quantitative estimate of drug-likeness (QED) is 0.264. The molecule has 1 fully saturated rings. The number of halogens is 1. The number of rotatable bonds is 5. The highest BCUT2D eigenvalue weighted by Gasteiger charge is 2.39. The molecule has 1 N–H and O–H groups in total. The third kappa shape index (κ3) is 4.72. The number of nitrogens with zero attached hydrogens (tertiary/aromatic N) is 2. The largest absolute Gasteiger partial charge is 0.325 e. The van der Waals surface area contributed by atoms with Gasteiger partial charge in [0, 0.05) is 21.9 Å². The summed E-state index contributed by atoms with van der Waals surface area (Å²) >= 11 is 9.05. The molecule has 1 aliphatic heterocycles. The molecule has 2 aromatic carbocycles. The van der Waals surface area contributed by atoms with Crippen LogP contribution in [0.15, 0.2) is 63.5 Å². The van der Waals surface area contributed by atoms with Crippen LogP contribution in [0.5, 0.6) is 0 Å². The lowest BCUT2D eigenvalue weighted by atomic mass is 9.85. The zero-order valence-corrected chi connectivity index (χ0v) is 20.6. The maximum absolute atomic E-state index is 13.8. The van der Waals surface area contributed by atoms with E-state index < -0.39 is 0 Å². The molecule has 5 nitrogen and oxygen atoms in total. The number of nitrogens with one attached hydrogen (secondary N) is 1. The van der Waals surface area contributed by atoms with Crippen LogP contribution in [0.2, 0.25) is 5.02 Å². The second-order valence-corrected chi connectivity index (χ2v) is 11.1. The van der Waals surface area contributed by atoms with Gasteiger partial charge in [-0.2, -0.15) is 0 Å². The molecule has 1 saturated carbocycles. The molecule has 2 heterocycles. The number of hydrogen-bond acceptors (Lipinski definition) is 5. The van der Waals surface area contributed by atoms with Gasteiger partial charge in [0.2, 0.25) is 5.91 Å². The molecule has 0 radical (unpaired) electrons. The van der Waals surface area contributed by atoms with Crippen molar-refractivity contribution in [3.63, 3.8) is 0 Å². The van der Waals surface area contributed by atoms with E-state index in [9.17, 15) is 9.59 Å². The Balaban J connectivity index is 1.48. The molecule has 2 atom stereocenters. The highest BCUT2D eigenvalue weighted by molar-refractivity contribution is 8.00. The van der Waals surface area contributed by atoms with Gasteiger partial charge in [0.15, 0.2) is 5.16 Å². The van der Waals surface area contributed by atoms with Crippen LogP contribution < -0.4 is 10.9 Å². The summed E-state index contributed by atoms with van der Waals surface area (Å²) in [5, 5.41) is 5.26. The second kappa shape index (κ2) is 9.57. The minimum absolute atomic E-state index is 0.00486. The molecule has 2 aliphatic rings. The first-order chi connectivity index (χ1) is 16.0. The van der Waals surface area contributed by atoms with E-state index in [2.05, 4.69) is 5.32 Å². The van der Waals surface area contributed by atoms with Gasteiger partial charge in [-0.1, -0.05) is 54.4 Å². The van der Waals surface area contributed by atoms with Crippen LogP contribution in [0.4, 0.5) is 5.69 Å². The summed E-state index contributed by atoms with van der Waals surface area (Å²) in [7, 11) is 0. The fourth-order valence-corrected chi connectivity index (χ4v) is 7.17. The summed E-state index contributed by atoms with van der Waals surface area (Å²) in [6.45, 7) is 2.01. The average molecular weight is 498 g/mol. The first-order valence-electron chi connectivity index (χ1n) is 11.1. The Bertz CT molecular complexity index is 1280. The summed E-state index contributed by atoms with van der Waals surface area (Å²) in [5.41, 5.74) is 3.37. The predicted molar refractivity (Wildman–Crippen MR) is 136 cm³/mol. The van der Waals surface area contributed by atoms with Gasteiger partial charge in [-0.3, -0.25) is 14.2 Å². The Labute approximate surface area is 206 Å². The number of thioether (sulfide) groups is 2. The fourth-order valence-electron chi connectivity index (χ4n) is 4.60. The lowest BCUT2D eigenvalue weighted by Crippen LogP contribution is -2.29. The standard InChI is InChI=1S/C25H24ClN3O2S2/c1-15-6-4-9-18(12-15)29-24(31)22-19-10-2-3-11-20(19)33-23(22)28-25(29)32-14-21(30)27-17-8-5-7-16(26)13-17/h4-9,12-13,19-20H,2-3,10-11,14H2,1H3,(H,27,30)/t19-,20+/m1/s1. The van der Waals surface area contributed by atoms with E-state index in [0.717, 1.165) is 41.1 Å². The number of benzene rings is 2. The molecule has 33 heavy (non-hydrogen) atoms. The Hall–Kier alpha value is -2.22. The Morgan fingerprint density at radius 3 is 2.85 bits per heavy atom. The highest BCUT2D eigenvalue weighted by atomic mass is 35.5. The molecule has 8 heteroatoms. The summed E-state index contributed by atoms with van der Waals surface area (Å²) in [4.78, 5) is 31.4. The van der Waals surface area contributed by atoms with Crippen molar-refractivity contribution >= 4 is 46.7 Å². The number of aryl methyl sites for hydroxylation is 1. The number of amides is 1. The average Bonchev–Trinajstić information content (AvgIpc) is 3.16. The van der Waals surface area contributed by atoms with Crippen molar-refractivity contribution in [2.75, 3.05) is 11.1 Å². The Morgan fingerprint density at radius 2 is 2.03 bits per heavy atom. The molecule has 1 aromatic heterocycles. The number of carbonyl (C=O) groups is 1. The molecule has 170 valence electrons. The third-order valence-corrected chi connectivity index (χ3v) is 8.66. The van der Waals surface area contributed by atoms with E-state index in [1.807, 2.05) is 31.2 Å². The minimum atomic E-state index is -0.172. The fraction of sp³-hybridized carbons (Fsp3) is 0.320. The van der Waals surface area contributed by atoms with Gasteiger partial charge in [0.1, 0.15) is 5.03 Å². The molecule has 0 unspecified atom stereocenters. The Morgan fingerprint density at radius 1 is 1.21 bits per heavy atom. The van der Waals surface area contributed by atoms with Gasteiger partial charge in [-0.05, 0) is 55.7 Å². The molecular formula is C25H24ClN3O2S2. The van der Waals surface area contributed by atoms with E-state index in [1.165, 1.54) is 18.2 Å². The Kier molecular flexibility index (Phi) is 6.54. The van der Waals surface area contributed by atoms with Crippen molar-refractivity contribution in [2.24, 2.45) is 0 Å². The zero-order valence-electron chi connectivity index (χ0n) is 18.2. The first kappa shape index (κ1) is 22.6. The second-order valence-electron chi connectivity index (χ2n) is 8.49. The maximum Gasteiger partial charge on any atom is 0.263 e. The van der Waals surface area contributed by atoms with Gasteiger partial charge in [-0.25, -0.2) is 4.98 Å². The van der Waals surface area contributed by atoms with Crippen molar-refractivity contribution in [1.29, 1.82) is 0 Å². The summed E-state index contributed by atoms with van der Waals surface area (Å²) in [6, 6.07) is 14.9. The molecule has 5 rings (SSSR count). The van der Waals surface area contributed by atoms with Crippen molar-refractivity contribution in [2.45, 2.75) is 54.0 Å². The van der Waals surface area contributed by atoms with Gasteiger partial charge in [-0.15, -0.1) is 11.8 Å². The summed E-state index contributed by atoms with van der Waals surface area (Å²) in [6.07, 6.45) is 4.54. The van der Waals surface area contributed by atoms with Crippen LogP contribution in [-0.2, 0) is 4.79 Å². The molecule has 1 amide bonds.